The summed E-state index contributed by atoms with van der Waals surface area (Å²) in [5.41, 5.74) is 1.71. The predicted molar refractivity (Wildman–Crippen MR) is 76.0 cm³/mol. The van der Waals surface area contributed by atoms with E-state index in [1.165, 1.54) is 0 Å². The molecular weight excluding hydrogens is 274 g/mol. The molecule has 0 saturated heterocycles. The Morgan fingerprint density at radius 1 is 1.33 bits per heavy atom. The van der Waals surface area contributed by atoms with Crippen molar-refractivity contribution in [2.45, 2.75) is 6.04 Å². The van der Waals surface area contributed by atoms with E-state index in [1.807, 2.05) is 12.1 Å². The van der Waals surface area contributed by atoms with Crippen LogP contribution in [0.3, 0.4) is 0 Å². The van der Waals surface area contributed by atoms with Crippen LogP contribution in [-0.4, -0.2) is 52.7 Å². The molecule has 1 aromatic carbocycles. The first-order valence-electron chi connectivity index (χ1n) is 6.40. The van der Waals surface area contributed by atoms with Crippen molar-refractivity contribution < 1.29 is 19.7 Å². The fraction of sp³-hybridized carbons (Fsp3) is 0.286. The van der Waals surface area contributed by atoms with Crippen molar-refractivity contribution in [2.75, 3.05) is 20.3 Å². The number of aromatic nitrogens is 2. The second kappa shape index (κ2) is 6.87. The lowest BCUT2D eigenvalue weighted by atomic mass is 10.1. The van der Waals surface area contributed by atoms with Crippen LogP contribution in [0.15, 0.2) is 30.3 Å². The van der Waals surface area contributed by atoms with E-state index in [1.54, 1.807) is 25.3 Å². The lowest BCUT2D eigenvalue weighted by Gasteiger charge is -2.11. The molecule has 1 aromatic heterocycles. The molecule has 4 N–H and O–H groups in total. The first kappa shape index (κ1) is 15.0. The van der Waals surface area contributed by atoms with Crippen molar-refractivity contribution in [1.82, 2.24) is 15.5 Å². The maximum absolute atomic E-state index is 11.9. The van der Waals surface area contributed by atoms with E-state index < -0.39 is 11.9 Å². The Hall–Kier alpha value is -2.38. The highest BCUT2D eigenvalue weighted by molar-refractivity contribution is 5.93. The van der Waals surface area contributed by atoms with Gasteiger partial charge in [-0.15, -0.1) is 0 Å². The van der Waals surface area contributed by atoms with E-state index in [0.717, 1.165) is 11.3 Å². The number of H-pyrrole nitrogens is 1. The van der Waals surface area contributed by atoms with Crippen LogP contribution in [0.2, 0.25) is 0 Å². The van der Waals surface area contributed by atoms with E-state index in [9.17, 15) is 4.79 Å². The molecule has 0 atom stereocenters. The SMILES string of the molecule is COc1ccc(-c2cc(C(=O)NC(CO)CO)[nH]n2)cc1. The van der Waals surface area contributed by atoms with Crippen molar-refractivity contribution in [1.29, 1.82) is 0 Å². The zero-order chi connectivity index (χ0) is 15.2. The number of carbonyl (C=O) groups is 1. The summed E-state index contributed by atoms with van der Waals surface area (Å²) in [5.74, 6) is 0.302. The summed E-state index contributed by atoms with van der Waals surface area (Å²) < 4.78 is 5.08. The monoisotopic (exact) mass is 291 g/mol. The van der Waals surface area contributed by atoms with Crippen LogP contribution >= 0.6 is 0 Å². The summed E-state index contributed by atoms with van der Waals surface area (Å²) >= 11 is 0. The molecule has 2 rings (SSSR count). The van der Waals surface area contributed by atoms with Gasteiger partial charge < -0.3 is 20.3 Å². The molecule has 7 heteroatoms. The smallest absolute Gasteiger partial charge is 0.269 e. The molecule has 1 heterocycles. The Labute approximate surface area is 121 Å². The minimum Gasteiger partial charge on any atom is -0.497 e. The van der Waals surface area contributed by atoms with Crippen LogP contribution in [0.1, 0.15) is 10.5 Å². The lowest BCUT2D eigenvalue weighted by molar-refractivity contribution is 0.0874. The van der Waals surface area contributed by atoms with Gasteiger partial charge in [-0.25, -0.2) is 0 Å². The topological polar surface area (TPSA) is 107 Å². The number of nitrogens with zero attached hydrogens (tertiary/aromatic N) is 1. The molecule has 0 unspecified atom stereocenters. The minimum atomic E-state index is -0.690. The molecule has 0 radical (unpaired) electrons. The zero-order valence-corrected chi connectivity index (χ0v) is 11.5. The Balaban J connectivity index is 2.11. The van der Waals surface area contributed by atoms with Crippen LogP contribution in [0.4, 0.5) is 0 Å². The van der Waals surface area contributed by atoms with Gasteiger partial charge in [0.1, 0.15) is 11.4 Å². The third kappa shape index (κ3) is 3.59. The molecule has 0 aliphatic rings. The summed E-state index contributed by atoms with van der Waals surface area (Å²) in [5, 5.41) is 27.1. The van der Waals surface area contributed by atoms with Gasteiger partial charge in [-0.05, 0) is 30.3 Å². The van der Waals surface area contributed by atoms with Gasteiger partial charge >= 0.3 is 0 Å². The van der Waals surface area contributed by atoms with E-state index in [2.05, 4.69) is 15.5 Å². The third-order valence-electron chi connectivity index (χ3n) is 2.98. The van der Waals surface area contributed by atoms with E-state index >= 15 is 0 Å². The highest BCUT2D eigenvalue weighted by Crippen LogP contribution is 2.21. The molecule has 1 amide bonds. The number of nitrogens with one attached hydrogen (secondary N) is 2. The van der Waals surface area contributed by atoms with E-state index in [-0.39, 0.29) is 18.9 Å². The Bertz CT molecular complexity index is 591. The molecule has 0 bridgehead atoms. The van der Waals surface area contributed by atoms with Gasteiger partial charge in [0.25, 0.3) is 5.91 Å². The molecule has 0 aliphatic heterocycles. The number of methoxy groups -OCH3 is 1. The lowest BCUT2D eigenvalue weighted by Crippen LogP contribution is -2.40. The molecular formula is C14H17N3O4. The Morgan fingerprint density at radius 2 is 2.00 bits per heavy atom. The number of rotatable bonds is 6. The van der Waals surface area contributed by atoms with Crippen LogP contribution in [0, 0.1) is 0 Å². The maximum atomic E-state index is 11.9. The first-order chi connectivity index (χ1) is 10.2. The largest absolute Gasteiger partial charge is 0.497 e. The van der Waals surface area contributed by atoms with E-state index in [4.69, 9.17) is 14.9 Å². The van der Waals surface area contributed by atoms with E-state index in [0.29, 0.717) is 5.69 Å². The molecule has 0 saturated carbocycles. The number of aliphatic hydroxyl groups excluding tert-OH is 2. The fourth-order valence-electron chi connectivity index (χ4n) is 1.76. The Morgan fingerprint density at radius 3 is 2.57 bits per heavy atom. The van der Waals surface area contributed by atoms with Gasteiger partial charge in [0.2, 0.25) is 0 Å². The number of aromatic amines is 1. The standard InChI is InChI=1S/C14H17N3O4/c1-21-11-4-2-9(3-5-11)12-6-13(17-16-12)14(20)15-10(7-18)8-19/h2-6,10,18-19H,7-8H2,1H3,(H,15,20)(H,16,17). The Kier molecular flexibility index (Phi) is 4.91. The quantitative estimate of drug-likeness (QED) is 0.607. The summed E-state index contributed by atoms with van der Waals surface area (Å²) in [7, 11) is 1.59. The zero-order valence-electron chi connectivity index (χ0n) is 11.5. The number of hydrogen-bond acceptors (Lipinski definition) is 5. The highest BCUT2D eigenvalue weighted by atomic mass is 16.5. The van der Waals surface area contributed by atoms with Gasteiger partial charge in [0.05, 0.1) is 32.1 Å². The van der Waals surface area contributed by atoms with Gasteiger partial charge in [0.15, 0.2) is 0 Å². The van der Waals surface area contributed by atoms with Crippen LogP contribution in [0.25, 0.3) is 11.3 Å². The van der Waals surface area contributed by atoms with Crippen LogP contribution < -0.4 is 10.1 Å². The number of aliphatic hydroxyl groups is 2. The van der Waals surface area contributed by atoms with Gasteiger partial charge in [-0.3, -0.25) is 9.89 Å². The minimum absolute atomic E-state index is 0.257. The van der Waals surface area contributed by atoms with Crippen molar-refractivity contribution >= 4 is 5.91 Å². The van der Waals surface area contributed by atoms with Crippen molar-refractivity contribution in [2.24, 2.45) is 0 Å². The van der Waals surface area contributed by atoms with Crippen LogP contribution in [-0.2, 0) is 0 Å². The van der Waals surface area contributed by atoms with Gasteiger partial charge in [-0.2, -0.15) is 5.10 Å². The summed E-state index contributed by atoms with van der Waals surface area (Å²) in [6, 6.07) is 8.18. The molecule has 21 heavy (non-hydrogen) atoms. The van der Waals surface area contributed by atoms with Gasteiger partial charge in [0, 0.05) is 5.56 Å². The second-order valence-electron chi connectivity index (χ2n) is 4.43. The molecule has 7 nitrogen and oxygen atoms in total. The predicted octanol–water partition coefficient (Wildman–Crippen LogP) is 0.168. The number of carbonyl (C=O) groups excluding carboxylic acids is 1. The highest BCUT2D eigenvalue weighted by Gasteiger charge is 2.15. The van der Waals surface area contributed by atoms with Crippen molar-refractivity contribution in [3.63, 3.8) is 0 Å². The summed E-state index contributed by atoms with van der Waals surface area (Å²) in [6.07, 6.45) is 0. The third-order valence-corrected chi connectivity index (χ3v) is 2.98. The molecule has 2 aromatic rings. The number of amides is 1. The average molecular weight is 291 g/mol. The number of benzene rings is 1. The molecule has 0 aliphatic carbocycles. The van der Waals surface area contributed by atoms with Crippen molar-refractivity contribution in [3.05, 3.63) is 36.0 Å². The number of hydrogen-bond donors (Lipinski definition) is 4. The molecule has 0 fully saturated rings. The maximum Gasteiger partial charge on any atom is 0.269 e. The van der Waals surface area contributed by atoms with Crippen molar-refractivity contribution in [3.8, 4) is 17.0 Å². The fourth-order valence-corrected chi connectivity index (χ4v) is 1.76. The summed E-state index contributed by atoms with van der Waals surface area (Å²) in [6.45, 7) is -0.663. The summed E-state index contributed by atoms with van der Waals surface area (Å²) in [4.78, 5) is 11.9. The normalized spacial score (nSPS) is 10.7. The first-order valence-corrected chi connectivity index (χ1v) is 6.40. The average Bonchev–Trinajstić information content (AvgIpc) is 3.02. The number of ether oxygens (including phenoxy) is 1. The van der Waals surface area contributed by atoms with Crippen LogP contribution in [0.5, 0.6) is 5.75 Å². The molecule has 112 valence electrons. The second-order valence-corrected chi connectivity index (χ2v) is 4.43. The van der Waals surface area contributed by atoms with Gasteiger partial charge in [-0.1, -0.05) is 0 Å². The molecule has 0 spiro atoms.